The number of amides is 1. The summed E-state index contributed by atoms with van der Waals surface area (Å²) in [5, 5.41) is 21.8. The summed E-state index contributed by atoms with van der Waals surface area (Å²) in [5.41, 5.74) is 1.47. The van der Waals surface area contributed by atoms with Crippen molar-refractivity contribution in [1.29, 1.82) is 0 Å². The van der Waals surface area contributed by atoms with Gasteiger partial charge in [-0.15, -0.1) is 11.3 Å². The molecule has 0 saturated heterocycles. The lowest BCUT2D eigenvalue weighted by Crippen LogP contribution is -2.43. The standard InChI is InChI=1S/C25H21N3O6S2/c29-21(25(33)34)26-22-20(24(31)32)17-10-15(12-28-23(30)16-8-4-5-9-18(16)36-28)27(13-19(17)35-22)11-14-6-2-1-3-7-14/h1-9,15H,10-13H2,(H,26,29)(H,31,32)(H,33,34). The number of carbonyl (C=O) groups excluding carboxylic acids is 1. The van der Waals surface area contributed by atoms with Crippen LogP contribution < -0.4 is 10.9 Å². The molecule has 1 atom stereocenters. The van der Waals surface area contributed by atoms with E-state index in [1.165, 1.54) is 11.5 Å². The number of carboxylic acids is 2. The average Bonchev–Trinajstić information content (AvgIpc) is 3.36. The third kappa shape index (κ3) is 4.55. The van der Waals surface area contributed by atoms with Crippen LogP contribution in [0.1, 0.15) is 26.4 Å². The van der Waals surface area contributed by atoms with Crippen molar-refractivity contribution < 1.29 is 24.6 Å². The topological polar surface area (TPSA) is 129 Å². The van der Waals surface area contributed by atoms with Gasteiger partial charge in [0, 0.05) is 24.0 Å². The first-order valence-corrected chi connectivity index (χ1v) is 12.7. The quantitative estimate of drug-likeness (QED) is 0.330. The van der Waals surface area contributed by atoms with Crippen LogP contribution in [-0.4, -0.2) is 43.0 Å². The summed E-state index contributed by atoms with van der Waals surface area (Å²) in [6.45, 7) is 1.36. The Kier molecular flexibility index (Phi) is 6.44. The van der Waals surface area contributed by atoms with Crippen LogP contribution in [0, 0.1) is 0 Å². The molecule has 0 saturated carbocycles. The number of aromatic carboxylic acids is 1. The molecule has 1 aliphatic rings. The molecule has 0 bridgehead atoms. The summed E-state index contributed by atoms with van der Waals surface area (Å²) in [7, 11) is 0. The molecule has 0 aliphatic carbocycles. The van der Waals surface area contributed by atoms with Gasteiger partial charge in [-0.2, -0.15) is 0 Å². The van der Waals surface area contributed by atoms with Gasteiger partial charge in [-0.05, 0) is 29.7 Å². The Morgan fingerprint density at radius 3 is 2.44 bits per heavy atom. The third-order valence-corrected chi connectivity index (χ3v) is 8.41. The molecule has 1 amide bonds. The number of benzene rings is 2. The maximum absolute atomic E-state index is 13.0. The van der Waals surface area contributed by atoms with Gasteiger partial charge < -0.3 is 15.5 Å². The monoisotopic (exact) mass is 523 g/mol. The minimum atomic E-state index is -1.69. The predicted octanol–water partition coefficient (Wildman–Crippen LogP) is 3.47. The van der Waals surface area contributed by atoms with E-state index in [0.717, 1.165) is 26.5 Å². The van der Waals surface area contributed by atoms with E-state index in [9.17, 15) is 24.3 Å². The number of aliphatic carboxylic acids is 1. The number of rotatable bonds is 6. The number of aromatic nitrogens is 1. The van der Waals surface area contributed by atoms with Gasteiger partial charge in [-0.1, -0.05) is 54.0 Å². The highest BCUT2D eigenvalue weighted by Gasteiger charge is 2.34. The fourth-order valence-corrected chi connectivity index (χ4v) is 6.82. The predicted molar refractivity (Wildman–Crippen MR) is 137 cm³/mol. The van der Waals surface area contributed by atoms with Gasteiger partial charge in [0.05, 0.1) is 22.2 Å². The van der Waals surface area contributed by atoms with Gasteiger partial charge in [-0.25, -0.2) is 9.59 Å². The summed E-state index contributed by atoms with van der Waals surface area (Å²) >= 11 is 2.46. The fraction of sp³-hybridized carbons (Fsp3) is 0.200. The van der Waals surface area contributed by atoms with E-state index >= 15 is 0 Å². The van der Waals surface area contributed by atoms with E-state index in [1.54, 1.807) is 10.0 Å². The molecule has 5 rings (SSSR count). The highest BCUT2D eigenvalue weighted by molar-refractivity contribution is 7.17. The molecule has 3 N–H and O–H groups in total. The first-order chi connectivity index (χ1) is 17.3. The highest BCUT2D eigenvalue weighted by atomic mass is 32.1. The number of hydrogen-bond donors (Lipinski definition) is 3. The van der Waals surface area contributed by atoms with Crippen molar-refractivity contribution in [1.82, 2.24) is 8.86 Å². The lowest BCUT2D eigenvalue weighted by molar-refractivity contribution is -0.147. The van der Waals surface area contributed by atoms with Crippen molar-refractivity contribution in [3.05, 3.63) is 86.5 Å². The van der Waals surface area contributed by atoms with E-state index in [2.05, 4.69) is 10.2 Å². The Morgan fingerprint density at radius 1 is 1.03 bits per heavy atom. The highest BCUT2D eigenvalue weighted by Crippen LogP contribution is 2.39. The molecule has 4 aromatic rings. The van der Waals surface area contributed by atoms with Crippen LogP contribution in [0.3, 0.4) is 0 Å². The molecule has 2 aromatic heterocycles. The number of hydrogen-bond acceptors (Lipinski definition) is 7. The first kappa shape index (κ1) is 23.9. The summed E-state index contributed by atoms with van der Waals surface area (Å²) in [4.78, 5) is 51.0. The molecular weight excluding hydrogens is 502 g/mol. The molecule has 1 aliphatic heterocycles. The van der Waals surface area contributed by atoms with Crippen LogP contribution in [0.4, 0.5) is 5.00 Å². The SMILES string of the molecule is O=C(O)C(=O)Nc1sc2c(c1C(=O)O)CC(Cn1sc3ccccc3c1=O)N(Cc1ccccc1)C2. The molecule has 0 spiro atoms. The lowest BCUT2D eigenvalue weighted by Gasteiger charge is -2.35. The lowest BCUT2D eigenvalue weighted by atomic mass is 9.95. The summed E-state index contributed by atoms with van der Waals surface area (Å²) in [5.74, 6) is -4.21. The molecule has 11 heteroatoms. The fourth-order valence-electron chi connectivity index (χ4n) is 4.52. The van der Waals surface area contributed by atoms with Gasteiger partial charge in [-0.3, -0.25) is 18.4 Å². The normalized spacial score (nSPS) is 15.5. The maximum atomic E-state index is 13.0. The zero-order chi connectivity index (χ0) is 25.4. The summed E-state index contributed by atoms with van der Waals surface area (Å²) in [6, 6.07) is 17.1. The molecule has 36 heavy (non-hydrogen) atoms. The van der Waals surface area contributed by atoms with E-state index in [0.29, 0.717) is 37.0 Å². The van der Waals surface area contributed by atoms with Crippen molar-refractivity contribution in [3.8, 4) is 0 Å². The average molecular weight is 524 g/mol. The van der Waals surface area contributed by atoms with Crippen molar-refractivity contribution in [3.63, 3.8) is 0 Å². The molecule has 9 nitrogen and oxygen atoms in total. The smallest absolute Gasteiger partial charge is 0.394 e. The van der Waals surface area contributed by atoms with Crippen LogP contribution in [-0.2, 0) is 35.6 Å². The molecular formula is C25H21N3O6S2. The molecule has 0 radical (unpaired) electrons. The van der Waals surface area contributed by atoms with Gasteiger partial charge in [0.25, 0.3) is 5.56 Å². The second-order valence-corrected chi connectivity index (χ2v) is 10.6. The van der Waals surface area contributed by atoms with Crippen LogP contribution in [0.2, 0.25) is 0 Å². The molecule has 3 heterocycles. The minimum absolute atomic E-state index is 0.0132. The Hall–Kier alpha value is -3.80. The van der Waals surface area contributed by atoms with Gasteiger partial charge in [0.2, 0.25) is 0 Å². The van der Waals surface area contributed by atoms with Crippen molar-refractivity contribution in [2.45, 2.75) is 32.1 Å². The summed E-state index contributed by atoms with van der Waals surface area (Å²) in [6.07, 6.45) is 0.337. The number of thiophene rings is 1. The zero-order valence-electron chi connectivity index (χ0n) is 18.8. The second kappa shape index (κ2) is 9.69. The van der Waals surface area contributed by atoms with E-state index in [1.807, 2.05) is 48.5 Å². The number of fused-ring (bicyclic) bond motifs is 2. The van der Waals surface area contributed by atoms with Gasteiger partial charge in [0.1, 0.15) is 5.00 Å². The Morgan fingerprint density at radius 2 is 1.75 bits per heavy atom. The largest absolute Gasteiger partial charge is 0.478 e. The number of carboxylic acid groups (broad SMARTS) is 2. The van der Waals surface area contributed by atoms with Gasteiger partial charge in [0.15, 0.2) is 0 Å². The number of nitrogens with zero attached hydrogens (tertiary/aromatic N) is 2. The van der Waals surface area contributed by atoms with E-state index in [-0.39, 0.29) is 22.2 Å². The van der Waals surface area contributed by atoms with Crippen LogP contribution in [0.5, 0.6) is 0 Å². The molecule has 184 valence electrons. The first-order valence-electron chi connectivity index (χ1n) is 11.1. The minimum Gasteiger partial charge on any atom is -0.478 e. The number of nitrogens with one attached hydrogen (secondary N) is 1. The third-order valence-electron chi connectivity index (χ3n) is 6.19. The maximum Gasteiger partial charge on any atom is 0.394 e. The Bertz CT molecular complexity index is 1540. The molecule has 2 aromatic carbocycles. The van der Waals surface area contributed by atoms with Crippen LogP contribution >= 0.6 is 22.9 Å². The van der Waals surface area contributed by atoms with Gasteiger partial charge >= 0.3 is 17.8 Å². The second-order valence-electron chi connectivity index (χ2n) is 8.47. The Balaban J connectivity index is 1.54. The van der Waals surface area contributed by atoms with Crippen LogP contribution in [0.15, 0.2) is 59.4 Å². The van der Waals surface area contributed by atoms with Crippen LogP contribution in [0.25, 0.3) is 10.1 Å². The zero-order valence-corrected chi connectivity index (χ0v) is 20.5. The Labute approximate surface area is 213 Å². The van der Waals surface area contributed by atoms with Crippen molar-refractivity contribution in [2.75, 3.05) is 5.32 Å². The van der Waals surface area contributed by atoms with E-state index < -0.39 is 17.8 Å². The summed E-state index contributed by atoms with van der Waals surface area (Å²) < 4.78 is 2.59. The molecule has 1 unspecified atom stereocenters. The van der Waals surface area contributed by atoms with E-state index in [4.69, 9.17) is 5.11 Å². The number of anilines is 1. The molecule has 0 fully saturated rings. The van der Waals surface area contributed by atoms with Crippen molar-refractivity contribution in [2.24, 2.45) is 0 Å². The van der Waals surface area contributed by atoms with Crippen molar-refractivity contribution >= 4 is 55.8 Å². The number of carbonyl (C=O) groups is 3.